The smallest absolute Gasteiger partial charge is 0.331 e. The molecule has 0 aliphatic rings. The fraction of sp³-hybridized carbons (Fsp3) is 0.538. The number of carbonyl (C=O) groups excluding carboxylic acids is 3. The number of nitrogens with zero attached hydrogens (tertiary/aromatic N) is 1. The van der Waals surface area contributed by atoms with Gasteiger partial charge in [0.05, 0.1) is 0 Å². The topological polar surface area (TPSA) is 110 Å². The number of carboxylic acid groups (broad SMARTS) is 1. The molecule has 0 saturated heterocycles. The maximum absolute atomic E-state index is 11.6. The summed E-state index contributed by atoms with van der Waals surface area (Å²) in [4.78, 5) is 45.3. The van der Waals surface area contributed by atoms with E-state index in [1.807, 2.05) is 0 Å². The molecule has 0 aliphatic heterocycles. The van der Waals surface area contributed by atoms with Crippen LogP contribution in [0.5, 0.6) is 0 Å². The molecule has 0 aromatic heterocycles. The third-order valence-electron chi connectivity index (χ3n) is 1.91. The van der Waals surface area contributed by atoms with Gasteiger partial charge in [-0.15, -0.1) is 0 Å². The standard InChI is InChI=1S/C13H19NO7/c1-13(2,3)21-12(19)7-14(4)9(15)8-20-11(18)6-5-10(16)17/h5-6H,7-8H2,1-4H3,(H,16,17)/b6-5+. The number of carboxylic acids is 1. The Morgan fingerprint density at radius 2 is 1.71 bits per heavy atom. The van der Waals surface area contributed by atoms with E-state index in [-0.39, 0.29) is 6.54 Å². The second kappa shape index (κ2) is 8.03. The maximum atomic E-state index is 11.6. The van der Waals surface area contributed by atoms with Crippen LogP contribution in [0.15, 0.2) is 12.2 Å². The molecule has 1 amide bonds. The second-order valence-corrected chi connectivity index (χ2v) is 5.12. The van der Waals surface area contributed by atoms with Crippen molar-refractivity contribution in [3.63, 3.8) is 0 Å². The van der Waals surface area contributed by atoms with Crippen molar-refractivity contribution >= 4 is 23.8 Å². The van der Waals surface area contributed by atoms with Gasteiger partial charge in [-0.3, -0.25) is 9.59 Å². The van der Waals surface area contributed by atoms with Crippen LogP contribution in [0.25, 0.3) is 0 Å². The lowest BCUT2D eigenvalue weighted by Crippen LogP contribution is -2.38. The van der Waals surface area contributed by atoms with Gasteiger partial charge in [-0.05, 0) is 20.8 Å². The van der Waals surface area contributed by atoms with E-state index in [9.17, 15) is 19.2 Å². The fourth-order valence-corrected chi connectivity index (χ4v) is 1.09. The lowest BCUT2D eigenvalue weighted by molar-refractivity contribution is -0.159. The van der Waals surface area contributed by atoms with Crippen molar-refractivity contribution in [3.8, 4) is 0 Å². The van der Waals surface area contributed by atoms with Crippen LogP contribution in [-0.4, -0.2) is 59.6 Å². The Kier molecular flexibility index (Phi) is 7.12. The lowest BCUT2D eigenvalue weighted by Gasteiger charge is -2.22. The van der Waals surface area contributed by atoms with Gasteiger partial charge in [0.25, 0.3) is 5.91 Å². The minimum atomic E-state index is -1.31. The summed E-state index contributed by atoms with van der Waals surface area (Å²) in [5.41, 5.74) is -0.658. The van der Waals surface area contributed by atoms with Crippen molar-refractivity contribution < 1.29 is 33.8 Å². The number of hydrogen-bond acceptors (Lipinski definition) is 6. The monoisotopic (exact) mass is 301 g/mol. The van der Waals surface area contributed by atoms with Crippen molar-refractivity contribution in [3.05, 3.63) is 12.2 Å². The SMILES string of the molecule is CN(CC(=O)OC(C)(C)C)C(=O)COC(=O)/C=C/C(=O)O. The quantitative estimate of drug-likeness (QED) is 0.541. The summed E-state index contributed by atoms with van der Waals surface area (Å²) in [6.45, 7) is 4.22. The van der Waals surface area contributed by atoms with Gasteiger partial charge in [-0.2, -0.15) is 0 Å². The zero-order valence-electron chi connectivity index (χ0n) is 12.4. The Morgan fingerprint density at radius 1 is 1.14 bits per heavy atom. The molecule has 0 atom stereocenters. The zero-order valence-corrected chi connectivity index (χ0v) is 12.4. The molecular weight excluding hydrogens is 282 g/mol. The van der Waals surface area contributed by atoms with Crippen LogP contribution >= 0.6 is 0 Å². The van der Waals surface area contributed by atoms with Gasteiger partial charge in [0.1, 0.15) is 12.1 Å². The Labute approximate surface area is 122 Å². The van der Waals surface area contributed by atoms with Gasteiger partial charge < -0.3 is 19.5 Å². The van der Waals surface area contributed by atoms with E-state index in [1.165, 1.54) is 7.05 Å². The van der Waals surface area contributed by atoms with Crippen LogP contribution in [0.4, 0.5) is 0 Å². The summed E-state index contributed by atoms with van der Waals surface area (Å²) >= 11 is 0. The summed E-state index contributed by atoms with van der Waals surface area (Å²) in [6.07, 6.45) is 1.28. The molecular formula is C13H19NO7. The first-order chi connectivity index (χ1) is 9.51. The van der Waals surface area contributed by atoms with Gasteiger partial charge in [0, 0.05) is 19.2 Å². The van der Waals surface area contributed by atoms with E-state index >= 15 is 0 Å². The van der Waals surface area contributed by atoms with Crippen molar-refractivity contribution in [2.24, 2.45) is 0 Å². The van der Waals surface area contributed by atoms with Crippen molar-refractivity contribution in [1.29, 1.82) is 0 Å². The molecule has 0 rings (SSSR count). The van der Waals surface area contributed by atoms with Crippen LogP contribution in [0, 0.1) is 0 Å². The molecule has 0 aromatic carbocycles. The highest BCUT2D eigenvalue weighted by Crippen LogP contribution is 2.07. The number of hydrogen-bond donors (Lipinski definition) is 1. The first-order valence-corrected chi connectivity index (χ1v) is 6.05. The number of esters is 2. The normalized spacial score (nSPS) is 11.0. The number of carbonyl (C=O) groups is 4. The average Bonchev–Trinajstić information content (AvgIpc) is 2.30. The molecule has 0 aromatic rings. The molecule has 0 aliphatic carbocycles. The summed E-state index contributed by atoms with van der Waals surface area (Å²) in [5.74, 6) is -3.47. The van der Waals surface area contributed by atoms with E-state index in [0.29, 0.717) is 12.2 Å². The Hall–Kier alpha value is -2.38. The Balaban J connectivity index is 4.20. The van der Waals surface area contributed by atoms with Crippen molar-refractivity contribution in [1.82, 2.24) is 4.90 Å². The van der Waals surface area contributed by atoms with E-state index in [0.717, 1.165) is 4.90 Å². The van der Waals surface area contributed by atoms with E-state index < -0.39 is 36.0 Å². The number of amides is 1. The highest BCUT2D eigenvalue weighted by Gasteiger charge is 2.20. The minimum absolute atomic E-state index is 0.279. The zero-order chi connectivity index (χ0) is 16.6. The van der Waals surface area contributed by atoms with Crippen molar-refractivity contribution in [2.75, 3.05) is 20.2 Å². The molecule has 21 heavy (non-hydrogen) atoms. The van der Waals surface area contributed by atoms with Crippen LogP contribution in [-0.2, 0) is 28.7 Å². The third kappa shape index (κ3) is 10.1. The molecule has 1 N–H and O–H groups in total. The summed E-state index contributed by atoms with van der Waals surface area (Å²) < 4.78 is 9.56. The van der Waals surface area contributed by atoms with E-state index in [2.05, 4.69) is 4.74 Å². The largest absolute Gasteiger partial charge is 0.478 e. The van der Waals surface area contributed by atoms with Crippen LogP contribution in [0.1, 0.15) is 20.8 Å². The molecule has 0 heterocycles. The molecule has 8 heteroatoms. The second-order valence-electron chi connectivity index (χ2n) is 5.12. The Bertz CT molecular complexity index is 448. The lowest BCUT2D eigenvalue weighted by atomic mass is 10.2. The van der Waals surface area contributed by atoms with Gasteiger partial charge in [-0.1, -0.05) is 0 Å². The van der Waals surface area contributed by atoms with Crippen LogP contribution < -0.4 is 0 Å². The van der Waals surface area contributed by atoms with Gasteiger partial charge in [-0.25, -0.2) is 9.59 Å². The predicted octanol–water partition coefficient (Wildman–Crippen LogP) is -0.0295. The highest BCUT2D eigenvalue weighted by molar-refractivity contribution is 5.92. The summed E-state index contributed by atoms with van der Waals surface area (Å²) in [6, 6.07) is 0. The van der Waals surface area contributed by atoms with Crippen LogP contribution in [0.3, 0.4) is 0 Å². The molecule has 0 bridgehead atoms. The van der Waals surface area contributed by atoms with Gasteiger partial charge in [0.2, 0.25) is 0 Å². The molecule has 0 unspecified atom stereocenters. The summed E-state index contributed by atoms with van der Waals surface area (Å²) in [5, 5.41) is 8.30. The molecule has 0 fully saturated rings. The molecule has 0 spiro atoms. The summed E-state index contributed by atoms with van der Waals surface area (Å²) in [7, 11) is 1.35. The van der Waals surface area contributed by atoms with Crippen LogP contribution in [0.2, 0.25) is 0 Å². The number of rotatable bonds is 6. The molecule has 118 valence electrons. The first-order valence-electron chi connectivity index (χ1n) is 6.05. The Morgan fingerprint density at radius 3 is 2.19 bits per heavy atom. The number of ether oxygens (including phenoxy) is 2. The first kappa shape index (κ1) is 18.6. The predicted molar refractivity (Wildman–Crippen MR) is 71.2 cm³/mol. The number of likely N-dealkylation sites (N-methyl/N-ethyl adjacent to an activating group) is 1. The molecule has 0 radical (unpaired) electrons. The average molecular weight is 301 g/mol. The van der Waals surface area contributed by atoms with Gasteiger partial charge >= 0.3 is 17.9 Å². The van der Waals surface area contributed by atoms with Gasteiger partial charge in [0.15, 0.2) is 6.61 Å². The fourth-order valence-electron chi connectivity index (χ4n) is 1.09. The maximum Gasteiger partial charge on any atom is 0.331 e. The third-order valence-corrected chi connectivity index (χ3v) is 1.91. The molecule has 8 nitrogen and oxygen atoms in total. The highest BCUT2D eigenvalue weighted by atomic mass is 16.6. The van der Waals surface area contributed by atoms with Crippen molar-refractivity contribution in [2.45, 2.75) is 26.4 Å². The molecule has 0 saturated carbocycles. The van der Waals surface area contributed by atoms with E-state index in [4.69, 9.17) is 9.84 Å². The minimum Gasteiger partial charge on any atom is -0.478 e. The number of aliphatic carboxylic acids is 1. The van der Waals surface area contributed by atoms with E-state index in [1.54, 1.807) is 20.8 Å².